The van der Waals surface area contributed by atoms with Gasteiger partial charge in [0.25, 0.3) is 0 Å². The zero-order valence-corrected chi connectivity index (χ0v) is 11.8. The lowest BCUT2D eigenvalue weighted by Crippen LogP contribution is -2.46. The molecule has 1 rings (SSSR count). The molecule has 0 aromatic heterocycles. The molecule has 0 saturated carbocycles. The number of hydrogen-bond donors (Lipinski definition) is 0. The second-order valence-corrected chi connectivity index (χ2v) is 9.78. The van der Waals surface area contributed by atoms with Crippen LogP contribution >= 0.6 is 0 Å². The van der Waals surface area contributed by atoms with Gasteiger partial charge in [-0.1, -0.05) is 20.8 Å². The van der Waals surface area contributed by atoms with E-state index in [2.05, 4.69) is 0 Å². The SMILES string of the molecule is CCC1S(=O)C(CC)S(=O)C(CC)S1=O. The van der Waals surface area contributed by atoms with Gasteiger partial charge in [-0.15, -0.1) is 0 Å². The van der Waals surface area contributed by atoms with Crippen molar-refractivity contribution in [2.24, 2.45) is 0 Å². The topological polar surface area (TPSA) is 51.2 Å². The molecule has 1 fully saturated rings. The smallest absolute Gasteiger partial charge is 0.112 e. The van der Waals surface area contributed by atoms with Gasteiger partial charge >= 0.3 is 0 Å². The quantitative estimate of drug-likeness (QED) is 0.780. The summed E-state index contributed by atoms with van der Waals surface area (Å²) in [6, 6.07) is 0. The van der Waals surface area contributed by atoms with E-state index in [4.69, 9.17) is 0 Å². The van der Waals surface area contributed by atoms with E-state index >= 15 is 0 Å². The molecule has 1 heterocycles. The molecule has 90 valence electrons. The van der Waals surface area contributed by atoms with Crippen LogP contribution in [0.25, 0.3) is 0 Å². The lowest BCUT2D eigenvalue weighted by Gasteiger charge is -2.31. The molecule has 15 heavy (non-hydrogen) atoms. The van der Waals surface area contributed by atoms with Gasteiger partial charge in [0.2, 0.25) is 0 Å². The highest BCUT2D eigenvalue weighted by atomic mass is 32.3. The Bertz CT molecular complexity index is 237. The Morgan fingerprint density at radius 3 is 1.00 bits per heavy atom. The summed E-state index contributed by atoms with van der Waals surface area (Å²) in [7, 11) is -3.60. The van der Waals surface area contributed by atoms with E-state index in [1.165, 1.54) is 0 Å². The Hall–Kier alpha value is 0.450. The highest BCUT2D eigenvalue weighted by Gasteiger charge is 2.43. The molecule has 0 aromatic rings. The van der Waals surface area contributed by atoms with Gasteiger partial charge in [-0.3, -0.25) is 12.6 Å². The molecule has 0 aliphatic carbocycles. The van der Waals surface area contributed by atoms with Crippen molar-refractivity contribution in [3.63, 3.8) is 0 Å². The Balaban J connectivity index is 3.03. The van der Waals surface area contributed by atoms with Crippen molar-refractivity contribution in [1.29, 1.82) is 0 Å². The number of hydrogen-bond acceptors (Lipinski definition) is 3. The van der Waals surface area contributed by atoms with E-state index in [-0.39, 0.29) is 13.7 Å². The largest absolute Gasteiger partial charge is 0.257 e. The fourth-order valence-electron chi connectivity index (χ4n) is 1.77. The molecule has 0 amide bonds. The van der Waals surface area contributed by atoms with Crippen LogP contribution in [0.1, 0.15) is 40.0 Å². The van der Waals surface area contributed by atoms with Crippen LogP contribution in [0.5, 0.6) is 0 Å². The monoisotopic (exact) mass is 270 g/mol. The summed E-state index contributed by atoms with van der Waals surface area (Å²) in [4.78, 5) is 0. The predicted octanol–water partition coefficient (Wildman–Crippen LogP) is 1.45. The second kappa shape index (κ2) is 5.68. The first-order chi connectivity index (χ1) is 7.08. The van der Waals surface area contributed by atoms with Crippen LogP contribution in [0.3, 0.4) is 0 Å². The average Bonchev–Trinajstić information content (AvgIpc) is 2.19. The van der Waals surface area contributed by atoms with Crippen molar-refractivity contribution >= 4 is 32.4 Å². The standard InChI is InChI=1S/C9H18O3S3/c1-4-7-13(10)8(5-2)15(12)9(6-3)14(7)11/h7-9H,4-6H2,1-3H3. The van der Waals surface area contributed by atoms with Crippen LogP contribution in [0.4, 0.5) is 0 Å². The van der Waals surface area contributed by atoms with Crippen LogP contribution in [0, 0.1) is 0 Å². The summed E-state index contributed by atoms with van der Waals surface area (Å²) in [6.07, 6.45) is 1.93. The molecule has 1 aliphatic rings. The molecule has 0 N–H and O–H groups in total. The molecular weight excluding hydrogens is 252 g/mol. The van der Waals surface area contributed by atoms with Crippen LogP contribution in [-0.4, -0.2) is 26.4 Å². The van der Waals surface area contributed by atoms with Crippen molar-refractivity contribution in [2.45, 2.75) is 53.8 Å². The van der Waals surface area contributed by atoms with E-state index in [0.717, 1.165) is 0 Å². The average molecular weight is 270 g/mol. The third-order valence-electron chi connectivity index (χ3n) is 2.55. The summed E-state index contributed by atoms with van der Waals surface area (Å²) in [5.74, 6) is 0. The van der Waals surface area contributed by atoms with Gasteiger partial charge in [0.1, 0.15) is 13.7 Å². The molecule has 6 heteroatoms. The molecule has 0 unspecified atom stereocenters. The van der Waals surface area contributed by atoms with E-state index < -0.39 is 32.4 Å². The third-order valence-corrected chi connectivity index (χ3v) is 11.1. The summed E-state index contributed by atoms with van der Waals surface area (Å²) in [5, 5.41) is 0. The Morgan fingerprint density at radius 1 is 0.667 bits per heavy atom. The zero-order chi connectivity index (χ0) is 11.6. The molecule has 0 aromatic carbocycles. The maximum Gasteiger partial charge on any atom is 0.112 e. The second-order valence-electron chi connectivity index (χ2n) is 3.50. The van der Waals surface area contributed by atoms with Gasteiger partial charge in [-0.25, -0.2) is 0 Å². The third kappa shape index (κ3) is 2.42. The Kier molecular flexibility index (Phi) is 5.12. The first kappa shape index (κ1) is 13.5. The van der Waals surface area contributed by atoms with Crippen molar-refractivity contribution in [2.75, 3.05) is 0 Å². The van der Waals surface area contributed by atoms with Gasteiger partial charge in [-0.05, 0) is 19.3 Å². The molecule has 0 bridgehead atoms. The maximum atomic E-state index is 12.0. The van der Waals surface area contributed by atoms with Crippen LogP contribution in [0.15, 0.2) is 0 Å². The van der Waals surface area contributed by atoms with Crippen molar-refractivity contribution in [3.8, 4) is 0 Å². The highest BCUT2D eigenvalue weighted by molar-refractivity contribution is 8.19. The van der Waals surface area contributed by atoms with Gasteiger partial charge < -0.3 is 0 Å². The molecule has 1 aliphatic heterocycles. The Labute approximate surface area is 98.8 Å². The van der Waals surface area contributed by atoms with Crippen LogP contribution < -0.4 is 0 Å². The van der Waals surface area contributed by atoms with Gasteiger partial charge in [-0.2, -0.15) is 0 Å². The molecule has 0 atom stereocenters. The summed E-state index contributed by atoms with van der Waals surface area (Å²) >= 11 is 0. The van der Waals surface area contributed by atoms with E-state index in [9.17, 15) is 12.6 Å². The van der Waals surface area contributed by atoms with Crippen LogP contribution in [0.2, 0.25) is 0 Å². The maximum absolute atomic E-state index is 12.0. The Morgan fingerprint density at radius 2 is 0.867 bits per heavy atom. The first-order valence-electron chi connectivity index (χ1n) is 5.26. The van der Waals surface area contributed by atoms with Gasteiger partial charge in [0.15, 0.2) is 0 Å². The molecule has 3 nitrogen and oxygen atoms in total. The molecular formula is C9H18O3S3. The van der Waals surface area contributed by atoms with Crippen molar-refractivity contribution < 1.29 is 12.6 Å². The van der Waals surface area contributed by atoms with Crippen molar-refractivity contribution in [1.82, 2.24) is 0 Å². The zero-order valence-electron chi connectivity index (χ0n) is 9.30. The summed E-state index contributed by atoms with van der Waals surface area (Å²) < 4.78 is 35.1. The van der Waals surface area contributed by atoms with E-state index in [1.54, 1.807) is 0 Å². The summed E-state index contributed by atoms with van der Waals surface area (Å²) in [6.45, 7) is 5.69. The van der Waals surface area contributed by atoms with E-state index in [1.807, 2.05) is 20.8 Å². The number of rotatable bonds is 3. The van der Waals surface area contributed by atoms with Crippen molar-refractivity contribution in [3.05, 3.63) is 0 Å². The predicted molar refractivity (Wildman–Crippen MR) is 66.7 cm³/mol. The minimum Gasteiger partial charge on any atom is -0.257 e. The lowest BCUT2D eigenvalue weighted by atomic mass is 10.5. The highest BCUT2D eigenvalue weighted by Crippen LogP contribution is 2.30. The van der Waals surface area contributed by atoms with Gasteiger partial charge in [0.05, 0.1) is 32.4 Å². The van der Waals surface area contributed by atoms with Gasteiger partial charge in [0, 0.05) is 0 Å². The molecule has 1 saturated heterocycles. The fraction of sp³-hybridized carbons (Fsp3) is 1.00. The van der Waals surface area contributed by atoms with E-state index in [0.29, 0.717) is 19.3 Å². The minimum absolute atomic E-state index is 0.280. The molecule has 0 radical (unpaired) electrons. The molecule has 0 spiro atoms. The fourth-order valence-corrected chi connectivity index (χ4v) is 10.1. The minimum atomic E-state index is -1.20. The van der Waals surface area contributed by atoms with Crippen LogP contribution in [-0.2, 0) is 32.4 Å². The normalized spacial score (nSPS) is 46.6. The lowest BCUT2D eigenvalue weighted by molar-refractivity contribution is 0.645. The summed E-state index contributed by atoms with van der Waals surface area (Å²) in [5.41, 5.74) is 0. The first-order valence-corrected chi connectivity index (χ1v) is 9.09.